The molecule has 0 bridgehead atoms. The second-order valence-electron chi connectivity index (χ2n) is 8.33. The van der Waals surface area contributed by atoms with Gasteiger partial charge in [0.25, 0.3) is 5.91 Å². The highest BCUT2D eigenvalue weighted by atomic mass is 16.4. The lowest BCUT2D eigenvalue weighted by atomic mass is 9.80. The van der Waals surface area contributed by atoms with Gasteiger partial charge in [0, 0.05) is 31.0 Å². The maximum atomic E-state index is 12.8. The van der Waals surface area contributed by atoms with E-state index in [-0.39, 0.29) is 36.0 Å². The summed E-state index contributed by atoms with van der Waals surface area (Å²) in [5, 5.41) is 9.30. The Morgan fingerprint density at radius 3 is 2.31 bits per heavy atom. The number of carbonyl (C=O) groups excluding carboxylic acids is 2. The minimum Gasteiger partial charge on any atom is -0.481 e. The number of carboxylic acid groups (broad SMARTS) is 1. The van der Waals surface area contributed by atoms with Crippen molar-refractivity contribution in [2.45, 2.75) is 32.1 Å². The zero-order valence-electron chi connectivity index (χ0n) is 16.8. The van der Waals surface area contributed by atoms with Gasteiger partial charge in [-0.3, -0.25) is 14.4 Å². The van der Waals surface area contributed by atoms with Gasteiger partial charge in [0.2, 0.25) is 5.91 Å². The topological polar surface area (TPSA) is 104 Å². The number of carboxylic acids is 1. The number of rotatable bonds is 7. The minimum absolute atomic E-state index is 0.0200. The summed E-state index contributed by atoms with van der Waals surface area (Å²) in [5.74, 6) is -0.734. The maximum absolute atomic E-state index is 12.8. The summed E-state index contributed by atoms with van der Waals surface area (Å²) in [6.07, 6.45) is 3.31. The molecule has 3 rings (SSSR count). The molecular weight excluding hydrogens is 370 g/mol. The van der Waals surface area contributed by atoms with Crippen molar-refractivity contribution < 1.29 is 19.5 Å². The van der Waals surface area contributed by atoms with E-state index in [9.17, 15) is 19.5 Å². The van der Waals surface area contributed by atoms with Crippen molar-refractivity contribution in [2.75, 3.05) is 32.7 Å². The lowest BCUT2D eigenvalue weighted by Gasteiger charge is -2.39. The molecule has 2 fully saturated rings. The van der Waals surface area contributed by atoms with E-state index >= 15 is 0 Å². The van der Waals surface area contributed by atoms with E-state index in [1.54, 1.807) is 0 Å². The fourth-order valence-corrected chi connectivity index (χ4v) is 4.64. The van der Waals surface area contributed by atoms with Crippen LogP contribution in [0.5, 0.6) is 0 Å². The molecule has 7 nitrogen and oxygen atoms in total. The van der Waals surface area contributed by atoms with Gasteiger partial charge in [-0.15, -0.1) is 0 Å². The van der Waals surface area contributed by atoms with Crippen LogP contribution in [0.25, 0.3) is 0 Å². The Morgan fingerprint density at radius 1 is 1.00 bits per heavy atom. The normalized spacial score (nSPS) is 23.7. The molecule has 1 aromatic rings. The standard InChI is InChI=1S/C22H31N3O4/c23-21(28)16-6-10-24(11-7-16)12-8-19-15-25(13-9-18(19)14-20(26)27)22(29)17-4-2-1-3-5-17/h1-5,16,18-19H,6-15H2,(H2,23,28)(H,26,27). The van der Waals surface area contributed by atoms with E-state index in [1.807, 2.05) is 35.2 Å². The Morgan fingerprint density at radius 2 is 1.69 bits per heavy atom. The first kappa shape index (κ1) is 21.3. The van der Waals surface area contributed by atoms with Crippen LogP contribution in [-0.4, -0.2) is 65.4 Å². The molecule has 3 N–H and O–H groups in total. The van der Waals surface area contributed by atoms with Gasteiger partial charge in [-0.2, -0.15) is 0 Å². The van der Waals surface area contributed by atoms with Crippen molar-refractivity contribution in [1.29, 1.82) is 0 Å². The first-order valence-corrected chi connectivity index (χ1v) is 10.5. The summed E-state index contributed by atoms with van der Waals surface area (Å²) in [6.45, 7) is 3.75. The molecule has 158 valence electrons. The van der Waals surface area contributed by atoms with Crippen molar-refractivity contribution in [3.63, 3.8) is 0 Å². The predicted octanol–water partition coefficient (Wildman–Crippen LogP) is 1.83. The van der Waals surface area contributed by atoms with E-state index in [0.29, 0.717) is 18.7 Å². The van der Waals surface area contributed by atoms with Gasteiger partial charge in [0.05, 0.1) is 0 Å². The quantitative estimate of drug-likeness (QED) is 0.725. The Hall–Kier alpha value is -2.41. The van der Waals surface area contributed by atoms with Gasteiger partial charge >= 0.3 is 5.97 Å². The van der Waals surface area contributed by atoms with E-state index in [4.69, 9.17) is 5.73 Å². The number of primary amides is 1. The lowest BCUT2D eigenvalue weighted by Crippen LogP contribution is -2.46. The van der Waals surface area contributed by atoms with Crippen LogP contribution < -0.4 is 5.73 Å². The van der Waals surface area contributed by atoms with E-state index in [1.165, 1.54) is 0 Å². The molecule has 7 heteroatoms. The number of hydrogen-bond acceptors (Lipinski definition) is 4. The van der Waals surface area contributed by atoms with Gasteiger partial charge < -0.3 is 20.6 Å². The summed E-state index contributed by atoms with van der Waals surface area (Å²) < 4.78 is 0. The molecule has 0 saturated carbocycles. The van der Waals surface area contributed by atoms with Gasteiger partial charge in [-0.25, -0.2) is 0 Å². The molecule has 1 aromatic carbocycles. The molecule has 2 aliphatic rings. The molecule has 2 saturated heterocycles. The number of aliphatic carboxylic acids is 1. The minimum atomic E-state index is -0.773. The lowest BCUT2D eigenvalue weighted by molar-refractivity contribution is -0.139. The van der Waals surface area contributed by atoms with Crippen LogP contribution in [0.3, 0.4) is 0 Å². The van der Waals surface area contributed by atoms with Crippen molar-refractivity contribution in [2.24, 2.45) is 23.5 Å². The van der Waals surface area contributed by atoms with Gasteiger partial charge in [-0.05, 0) is 69.3 Å². The third-order valence-corrected chi connectivity index (χ3v) is 6.44. The molecular formula is C22H31N3O4. The van der Waals surface area contributed by atoms with Gasteiger partial charge in [0.1, 0.15) is 0 Å². The molecule has 2 aliphatic heterocycles. The molecule has 0 radical (unpaired) electrons. The Kier molecular flexibility index (Phi) is 7.25. The van der Waals surface area contributed by atoms with Crippen molar-refractivity contribution in [3.8, 4) is 0 Å². The second kappa shape index (κ2) is 9.87. The number of nitrogens with zero attached hydrogens (tertiary/aromatic N) is 2. The smallest absolute Gasteiger partial charge is 0.303 e. The summed E-state index contributed by atoms with van der Waals surface area (Å²) in [6, 6.07) is 9.25. The molecule has 29 heavy (non-hydrogen) atoms. The van der Waals surface area contributed by atoms with Crippen LogP contribution in [0.1, 0.15) is 42.5 Å². The van der Waals surface area contributed by atoms with Gasteiger partial charge in [0.15, 0.2) is 0 Å². The number of benzene rings is 1. The van der Waals surface area contributed by atoms with Crippen LogP contribution in [0.4, 0.5) is 0 Å². The first-order chi connectivity index (χ1) is 13.9. The van der Waals surface area contributed by atoms with Crippen LogP contribution >= 0.6 is 0 Å². The van der Waals surface area contributed by atoms with E-state index < -0.39 is 5.97 Å². The summed E-state index contributed by atoms with van der Waals surface area (Å²) in [5.41, 5.74) is 6.09. The zero-order valence-corrected chi connectivity index (χ0v) is 16.8. The fourth-order valence-electron chi connectivity index (χ4n) is 4.64. The van der Waals surface area contributed by atoms with Gasteiger partial charge in [-0.1, -0.05) is 18.2 Å². The SMILES string of the molecule is NC(=O)C1CCN(CCC2CN(C(=O)c3ccccc3)CCC2CC(=O)O)CC1. The highest BCUT2D eigenvalue weighted by Gasteiger charge is 2.33. The highest BCUT2D eigenvalue weighted by Crippen LogP contribution is 2.31. The summed E-state index contributed by atoms with van der Waals surface area (Å²) in [4.78, 5) is 39.7. The number of hydrogen-bond donors (Lipinski definition) is 2. The first-order valence-electron chi connectivity index (χ1n) is 10.5. The number of nitrogens with two attached hydrogens (primary N) is 1. The van der Waals surface area contributed by atoms with Crippen LogP contribution in [0, 0.1) is 17.8 Å². The Labute approximate surface area is 171 Å². The van der Waals surface area contributed by atoms with Crippen molar-refractivity contribution >= 4 is 17.8 Å². The molecule has 2 unspecified atom stereocenters. The average Bonchev–Trinajstić information content (AvgIpc) is 2.73. The highest BCUT2D eigenvalue weighted by molar-refractivity contribution is 5.94. The molecule has 2 amide bonds. The Balaban J connectivity index is 1.58. The molecule has 2 heterocycles. The second-order valence-corrected chi connectivity index (χ2v) is 8.33. The third kappa shape index (κ3) is 5.79. The summed E-state index contributed by atoms with van der Waals surface area (Å²) in [7, 11) is 0. The molecule has 2 atom stereocenters. The number of carbonyl (C=O) groups is 3. The molecule has 0 aromatic heterocycles. The van der Waals surface area contributed by atoms with E-state index in [2.05, 4.69) is 4.90 Å². The maximum Gasteiger partial charge on any atom is 0.303 e. The average molecular weight is 402 g/mol. The van der Waals surface area contributed by atoms with E-state index in [0.717, 1.165) is 45.3 Å². The monoisotopic (exact) mass is 401 g/mol. The number of piperidine rings is 2. The largest absolute Gasteiger partial charge is 0.481 e. The van der Waals surface area contributed by atoms with Crippen LogP contribution in [0.15, 0.2) is 30.3 Å². The van der Waals surface area contributed by atoms with Crippen molar-refractivity contribution in [1.82, 2.24) is 9.80 Å². The predicted molar refractivity (Wildman–Crippen MR) is 109 cm³/mol. The number of amides is 2. The van der Waals surface area contributed by atoms with Crippen molar-refractivity contribution in [3.05, 3.63) is 35.9 Å². The number of likely N-dealkylation sites (tertiary alicyclic amines) is 2. The van der Waals surface area contributed by atoms with Crippen LogP contribution in [0.2, 0.25) is 0 Å². The zero-order chi connectivity index (χ0) is 20.8. The summed E-state index contributed by atoms with van der Waals surface area (Å²) >= 11 is 0. The third-order valence-electron chi connectivity index (χ3n) is 6.44. The molecule has 0 spiro atoms. The van der Waals surface area contributed by atoms with Crippen LogP contribution in [-0.2, 0) is 9.59 Å². The Bertz CT molecular complexity index is 716. The molecule has 0 aliphatic carbocycles. The fraction of sp³-hybridized carbons (Fsp3) is 0.591.